The summed E-state index contributed by atoms with van der Waals surface area (Å²) in [6.45, 7) is 2.13. The Morgan fingerprint density at radius 1 is 1.12 bits per heavy atom. The molecule has 0 aromatic heterocycles. The first kappa shape index (κ1) is 17.7. The zero-order chi connectivity index (χ0) is 12.8. The standard InChI is InChI=1S/C6H14O3.C5H10O2/c7-3-1-2-6(4-8)5-9;1-2-3-4-5(6)7/h6-9H,1-5H2;2-4H2,1H3,(H,6,7). The Labute approximate surface area is 96.7 Å². The van der Waals surface area contributed by atoms with E-state index in [1.807, 2.05) is 6.92 Å². The van der Waals surface area contributed by atoms with Gasteiger partial charge in [0, 0.05) is 32.2 Å². The second-order valence-electron chi connectivity index (χ2n) is 3.59. The highest BCUT2D eigenvalue weighted by atomic mass is 16.4. The lowest BCUT2D eigenvalue weighted by atomic mass is 10.1. The van der Waals surface area contributed by atoms with E-state index in [4.69, 9.17) is 20.4 Å². The van der Waals surface area contributed by atoms with Crippen LogP contribution in [-0.2, 0) is 4.79 Å². The van der Waals surface area contributed by atoms with E-state index in [0.717, 1.165) is 12.8 Å². The van der Waals surface area contributed by atoms with Gasteiger partial charge < -0.3 is 20.4 Å². The van der Waals surface area contributed by atoms with Crippen molar-refractivity contribution >= 4 is 5.97 Å². The van der Waals surface area contributed by atoms with Gasteiger partial charge in [0.25, 0.3) is 0 Å². The first-order valence-corrected chi connectivity index (χ1v) is 5.66. The molecule has 0 saturated heterocycles. The summed E-state index contributed by atoms with van der Waals surface area (Å²) in [6, 6.07) is 0. The lowest BCUT2D eigenvalue weighted by Gasteiger charge is -2.07. The fourth-order valence-corrected chi connectivity index (χ4v) is 0.948. The molecule has 0 amide bonds. The molecule has 0 unspecified atom stereocenters. The molecule has 16 heavy (non-hydrogen) atoms. The molecule has 98 valence electrons. The molecule has 0 aliphatic heterocycles. The van der Waals surface area contributed by atoms with Crippen LogP contribution >= 0.6 is 0 Å². The molecule has 0 aromatic rings. The third-order valence-electron chi connectivity index (χ3n) is 2.03. The summed E-state index contributed by atoms with van der Waals surface area (Å²) < 4.78 is 0. The summed E-state index contributed by atoms with van der Waals surface area (Å²) in [4.78, 5) is 9.76. The van der Waals surface area contributed by atoms with Crippen molar-refractivity contribution in [3.05, 3.63) is 0 Å². The predicted octanol–water partition coefficient (Wildman–Crippen LogP) is 0.621. The zero-order valence-corrected chi connectivity index (χ0v) is 9.93. The number of unbranched alkanes of at least 4 members (excludes halogenated alkanes) is 1. The quantitative estimate of drug-likeness (QED) is 0.495. The minimum absolute atomic E-state index is 0.0104. The van der Waals surface area contributed by atoms with Crippen LogP contribution < -0.4 is 0 Å². The maximum atomic E-state index is 9.76. The van der Waals surface area contributed by atoms with Gasteiger partial charge in [0.1, 0.15) is 0 Å². The van der Waals surface area contributed by atoms with E-state index in [1.165, 1.54) is 0 Å². The minimum Gasteiger partial charge on any atom is -0.481 e. The van der Waals surface area contributed by atoms with Crippen LogP contribution in [0.4, 0.5) is 0 Å². The highest BCUT2D eigenvalue weighted by Crippen LogP contribution is 2.02. The summed E-state index contributed by atoms with van der Waals surface area (Å²) in [5.74, 6) is -0.737. The molecular weight excluding hydrogens is 212 g/mol. The fraction of sp³-hybridized carbons (Fsp3) is 0.909. The lowest BCUT2D eigenvalue weighted by molar-refractivity contribution is -0.137. The number of hydrogen-bond acceptors (Lipinski definition) is 4. The minimum atomic E-state index is -0.693. The van der Waals surface area contributed by atoms with E-state index in [0.29, 0.717) is 19.3 Å². The Morgan fingerprint density at radius 2 is 1.69 bits per heavy atom. The smallest absolute Gasteiger partial charge is 0.303 e. The topological polar surface area (TPSA) is 98.0 Å². The average molecular weight is 236 g/mol. The maximum Gasteiger partial charge on any atom is 0.303 e. The van der Waals surface area contributed by atoms with Gasteiger partial charge in [-0.15, -0.1) is 0 Å². The molecule has 0 aliphatic carbocycles. The van der Waals surface area contributed by atoms with Gasteiger partial charge in [0.05, 0.1) is 0 Å². The van der Waals surface area contributed by atoms with E-state index in [9.17, 15) is 4.79 Å². The first-order chi connectivity index (χ1) is 7.62. The summed E-state index contributed by atoms with van der Waals surface area (Å²) in [5.41, 5.74) is 0. The summed E-state index contributed by atoms with van der Waals surface area (Å²) in [7, 11) is 0. The van der Waals surface area contributed by atoms with Gasteiger partial charge in [-0.05, 0) is 19.3 Å². The number of rotatable bonds is 8. The Hall–Kier alpha value is -0.650. The van der Waals surface area contributed by atoms with E-state index >= 15 is 0 Å². The van der Waals surface area contributed by atoms with Crippen LogP contribution in [0.5, 0.6) is 0 Å². The van der Waals surface area contributed by atoms with Crippen molar-refractivity contribution < 1.29 is 25.2 Å². The van der Waals surface area contributed by atoms with Gasteiger partial charge in [-0.1, -0.05) is 13.3 Å². The number of carboxylic acids is 1. The van der Waals surface area contributed by atoms with Crippen molar-refractivity contribution in [3.8, 4) is 0 Å². The maximum absolute atomic E-state index is 9.76. The molecular formula is C11H24O5. The zero-order valence-electron chi connectivity index (χ0n) is 9.93. The summed E-state index contributed by atoms with van der Waals surface area (Å²) in [5, 5.41) is 33.4. The molecule has 0 atom stereocenters. The molecule has 0 saturated carbocycles. The molecule has 0 rings (SSSR count). The molecule has 0 aliphatic rings. The number of aliphatic carboxylic acids is 1. The van der Waals surface area contributed by atoms with Crippen LogP contribution in [-0.4, -0.2) is 46.2 Å². The van der Waals surface area contributed by atoms with Crippen LogP contribution in [0.1, 0.15) is 39.0 Å². The van der Waals surface area contributed by atoms with Gasteiger partial charge in [0.2, 0.25) is 0 Å². The van der Waals surface area contributed by atoms with Crippen molar-refractivity contribution in [1.29, 1.82) is 0 Å². The highest BCUT2D eigenvalue weighted by molar-refractivity contribution is 5.66. The van der Waals surface area contributed by atoms with Crippen molar-refractivity contribution in [2.24, 2.45) is 5.92 Å². The van der Waals surface area contributed by atoms with Crippen LogP contribution in [0.25, 0.3) is 0 Å². The van der Waals surface area contributed by atoms with E-state index in [-0.39, 0.29) is 25.7 Å². The van der Waals surface area contributed by atoms with Gasteiger partial charge in [-0.25, -0.2) is 0 Å². The molecule has 0 bridgehead atoms. The first-order valence-electron chi connectivity index (χ1n) is 5.66. The monoisotopic (exact) mass is 236 g/mol. The van der Waals surface area contributed by atoms with Crippen molar-refractivity contribution in [1.82, 2.24) is 0 Å². The average Bonchev–Trinajstić information content (AvgIpc) is 2.29. The van der Waals surface area contributed by atoms with Crippen molar-refractivity contribution in [2.75, 3.05) is 19.8 Å². The van der Waals surface area contributed by atoms with Crippen LogP contribution in [0.2, 0.25) is 0 Å². The Balaban J connectivity index is 0. The van der Waals surface area contributed by atoms with E-state index in [1.54, 1.807) is 0 Å². The largest absolute Gasteiger partial charge is 0.481 e. The summed E-state index contributed by atoms with van der Waals surface area (Å²) >= 11 is 0. The molecule has 5 heteroatoms. The highest BCUT2D eigenvalue weighted by Gasteiger charge is 2.03. The van der Waals surface area contributed by atoms with Crippen LogP contribution in [0.15, 0.2) is 0 Å². The molecule has 5 nitrogen and oxygen atoms in total. The molecule has 0 radical (unpaired) electrons. The third kappa shape index (κ3) is 15.8. The number of aliphatic hydroxyl groups excluding tert-OH is 3. The van der Waals surface area contributed by atoms with Crippen molar-refractivity contribution in [3.63, 3.8) is 0 Å². The van der Waals surface area contributed by atoms with Gasteiger partial charge >= 0.3 is 5.97 Å². The van der Waals surface area contributed by atoms with Gasteiger partial charge in [-0.2, -0.15) is 0 Å². The van der Waals surface area contributed by atoms with E-state index in [2.05, 4.69) is 0 Å². The number of carboxylic acid groups (broad SMARTS) is 1. The molecule has 4 N–H and O–H groups in total. The molecule has 0 aromatic carbocycles. The normalized spacial score (nSPS) is 9.81. The number of carbonyl (C=O) groups is 1. The number of hydrogen-bond donors (Lipinski definition) is 4. The molecule has 0 heterocycles. The Bertz CT molecular complexity index is 145. The fourth-order valence-electron chi connectivity index (χ4n) is 0.948. The Morgan fingerprint density at radius 3 is 1.94 bits per heavy atom. The van der Waals surface area contributed by atoms with Crippen LogP contribution in [0.3, 0.4) is 0 Å². The van der Waals surface area contributed by atoms with Gasteiger partial charge in [0.15, 0.2) is 0 Å². The van der Waals surface area contributed by atoms with Crippen LogP contribution in [0, 0.1) is 5.92 Å². The third-order valence-corrected chi connectivity index (χ3v) is 2.03. The molecule has 0 spiro atoms. The second-order valence-corrected chi connectivity index (χ2v) is 3.59. The van der Waals surface area contributed by atoms with Gasteiger partial charge in [-0.3, -0.25) is 4.79 Å². The molecule has 0 fully saturated rings. The second kappa shape index (κ2) is 14.3. The predicted molar refractivity (Wildman–Crippen MR) is 61.1 cm³/mol. The van der Waals surface area contributed by atoms with E-state index < -0.39 is 5.97 Å². The number of aliphatic hydroxyl groups is 3. The SMILES string of the molecule is CCCCC(=O)O.OCCCC(CO)CO. The summed E-state index contributed by atoms with van der Waals surface area (Å²) in [6.07, 6.45) is 3.44. The lowest BCUT2D eigenvalue weighted by Crippen LogP contribution is -2.11. The van der Waals surface area contributed by atoms with Crippen molar-refractivity contribution in [2.45, 2.75) is 39.0 Å². The Kier molecular flexibility index (Phi) is 15.9.